The minimum absolute atomic E-state index is 0.0762. The van der Waals surface area contributed by atoms with Crippen LogP contribution in [0.4, 0.5) is 0 Å². The molecular formula is C16H20BrNO3. The number of carboxylic acids is 1. The van der Waals surface area contributed by atoms with Gasteiger partial charge in [-0.3, -0.25) is 9.59 Å². The lowest BCUT2D eigenvalue weighted by Gasteiger charge is -2.32. The van der Waals surface area contributed by atoms with E-state index in [0.29, 0.717) is 19.4 Å². The molecule has 0 saturated heterocycles. The molecule has 2 N–H and O–H groups in total. The molecule has 0 aromatic heterocycles. The summed E-state index contributed by atoms with van der Waals surface area (Å²) >= 11 is 3.43. The number of halogens is 1. The molecule has 1 aliphatic rings. The van der Waals surface area contributed by atoms with Gasteiger partial charge in [-0.1, -0.05) is 53.4 Å². The third kappa shape index (κ3) is 4.06. The van der Waals surface area contributed by atoms with Crippen LogP contribution >= 0.6 is 15.9 Å². The highest BCUT2D eigenvalue weighted by Gasteiger charge is 2.41. The normalized spacial score (nSPS) is 17.2. The monoisotopic (exact) mass is 353 g/mol. The molecule has 4 nitrogen and oxygen atoms in total. The summed E-state index contributed by atoms with van der Waals surface area (Å²) in [5.74, 6) is -1.02. The molecule has 1 amide bonds. The van der Waals surface area contributed by atoms with Crippen molar-refractivity contribution in [2.45, 2.75) is 45.1 Å². The van der Waals surface area contributed by atoms with Crippen LogP contribution in [0.15, 0.2) is 28.7 Å². The molecule has 0 heterocycles. The first kappa shape index (κ1) is 16.0. The Morgan fingerprint density at radius 3 is 2.48 bits per heavy atom. The SMILES string of the molecule is O=C(CC1(C(=O)O)CCCCC1)NCc1ccccc1Br. The van der Waals surface area contributed by atoms with E-state index in [4.69, 9.17) is 0 Å². The summed E-state index contributed by atoms with van der Waals surface area (Å²) in [5.41, 5.74) is 0.120. The number of nitrogens with one attached hydrogen (secondary N) is 1. The topological polar surface area (TPSA) is 66.4 Å². The Morgan fingerprint density at radius 2 is 1.86 bits per heavy atom. The van der Waals surface area contributed by atoms with Crippen molar-refractivity contribution in [3.63, 3.8) is 0 Å². The van der Waals surface area contributed by atoms with Crippen LogP contribution in [0.1, 0.15) is 44.1 Å². The molecule has 114 valence electrons. The molecule has 2 rings (SSSR count). The molecule has 1 aromatic carbocycles. The zero-order valence-electron chi connectivity index (χ0n) is 11.9. The third-order valence-corrected chi connectivity index (χ3v) is 4.97. The van der Waals surface area contributed by atoms with Gasteiger partial charge in [0.2, 0.25) is 5.91 Å². The van der Waals surface area contributed by atoms with E-state index in [0.717, 1.165) is 29.3 Å². The van der Waals surface area contributed by atoms with Crippen LogP contribution < -0.4 is 5.32 Å². The summed E-state index contributed by atoms with van der Waals surface area (Å²) in [5, 5.41) is 12.3. The average Bonchev–Trinajstić information content (AvgIpc) is 2.47. The van der Waals surface area contributed by atoms with Crippen molar-refractivity contribution in [3.8, 4) is 0 Å². The lowest BCUT2D eigenvalue weighted by Crippen LogP contribution is -2.39. The molecule has 0 spiro atoms. The second kappa shape index (κ2) is 7.07. The minimum Gasteiger partial charge on any atom is -0.481 e. The maximum atomic E-state index is 12.1. The van der Waals surface area contributed by atoms with Gasteiger partial charge in [0.25, 0.3) is 0 Å². The molecule has 0 aliphatic heterocycles. The standard InChI is InChI=1S/C16H20BrNO3/c17-13-7-3-2-6-12(13)11-18-14(19)10-16(15(20)21)8-4-1-5-9-16/h2-3,6-7H,1,4-5,8-11H2,(H,18,19)(H,20,21). The van der Waals surface area contributed by atoms with Gasteiger partial charge in [-0.2, -0.15) is 0 Å². The van der Waals surface area contributed by atoms with Gasteiger partial charge in [0.15, 0.2) is 0 Å². The molecule has 1 fully saturated rings. The highest BCUT2D eigenvalue weighted by atomic mass is 79.9. The predicted octanol–water partition coefficient (Wildman–Crippen LogP) is 3.49. The van der Waals surface area contributed by atoms with E-state index < -0.39 is 11.4 Å². The number of carbonyl (C=O) groups excluding carboxylic acids is 1. The van der Waals surface area contributed by atoms with Crippen LogP contribution in [-0.4, -0.2) is 17.0 Å². The largest absolute Gasteiger partial charge is 0.481 e. The van der Waals surface area contributed by atoms with E-state index in [1.54, 1.807) is 0 Å². The van der Waals surface area contributed by atoms with Crippen molar-refractivity contribution in [1.82, 2.24) is 5.32 Å². The number of amides is 1. The molecule has 0 atom stereocenters. The maximum absolute atomic E-state index is 12.1. The van der Waals surface area contributed by atoms with Gasteiger partial charge in [-0.15, -0.1) is 0 Å². The van der Waals surface area contributed by atoms with Crippen molar-refractivity contribution in [2.75, 3.05) is 0 Å². The summed E-state index contributed by atoms with van der Waals surface area (Å²) in [7, 11) is 0. The van der Waals surface area contributed by atoms with Crippen LogP contribution in [0.2, 0.25) is 0 Å². The summed E-state index contributed by atoms with van der Waals surface area (Å²) < 4.78 is 0.941. The number of benzene rings is 1. The molecule has 0 bridgehead atoms. The predicted molar refractivity (Wildman–Crippen MR) is 83.8 cm³/mol. The number of hydrogen-bond acceptors (Lipinski definition) is 2. The van der Waals surface area contributed by atoms with Crippen LogP contribution in [0.25, 0.3) is 0 Å². The van der Waals surface area contributed by atoms with Gasteiger partial charge in [-0.05, 0) is 24.5 Å². The molecule has 5 heteroatoms. The maximum Gasteiger partial charge on any atom is 0.310 e. The molecule has 1 aromatic rings. The number of hydrogen-bond donors (Lipinski definition) is 2. The Bertz CT molecular complexity index is 524. The molecule has 1 saturated carbocycles. The first-order chi connectivity index (χ1) is 10.0. The van der Waals surface area contributed by atoms with Crippen molar-refractivity contribution in [3.05, 3.63) is 34.3 Å². The molecule has 0 radical (unpaired) electrons. The summed E-state index contributed by atoms with van der Waals surface area (Å²) in [6.07, 6.45) is 4.13. The van der Waals surface area contributed by atoms with Crippen LogP contribution in [0.5, 0.6) is 0 Å². The summed E-state index contributed by atoms with van der Waals surface area (Å²) in [6, 6.07) is 7.67. The van der Waals surface area contributed by atoms with Crippen LogP contribution in [0.3, 0.4) is 0 Å². The third-order valence-electron chi connectivity index (χ3n) is 4.20. The van der Waals surface area contributed by atoms with E-state index in [1.165, 1.54) is 0 Å². The molecule has 1 aliphatic carbocycles. The Balaban J connectivity index is 1.94. The van der Waals surface area contributed by atoms with E-state index >= 15 is 0 Å². The van der Waals surface area contributed by atoms with E-state index in [1.807, 2.05) is 24.3 Å². The lowest BCUT2D eigenvalue weighted by atomic mass is 9.71. The zero-order valence-corrected chi connectivity index (χ0v) is 13.5. The Kier molecular flexibility index (Phi) is 5.39. The molecule has 21 heavy (non-hydrogen) atoms. The average molecular weight is 354 g/mol. The van der Waals surface area contributed by atoms with Crippen LogP contribution in [0, 0.1) is 5.41 Å². The second-order valence-electron chi connectivity index (χ2n) is 5.69. The zero-order chi connectivity index (χ0) is 15.3. The fraction of sp³-hybridized carbons (Fsp3) is 0.500. The highest BCUT2D eigenvalue weighted by Crippen LogP contribution is 2.39. The van der Waals surface area contributed by atoms with Gasteiger partial charge in [-0.25, -0.2) is 0 Å². The highest BCUT2D eigenvalue weighted by molar-refractivity contribution is 9.10. The number of aliphatic carboxylic acids is 1. The fourth-order valence-electron chi connectivity index (χ4n) is 2.90. The van der Waals surface area contributed by atoms with Gasteiger partial charge in [0.1, 0.15) is 0 Å². The van der Waals surface area contributed by atoms with Gasteiger partial charge in [0, 0.05) is 17.4 Å². The minimum atomic E-state index is -0.865. The van der Waals surface area contributed by atoms with E-state index in [-0.39, 0.29) is 12.3 Å². The van der Waals surface area contributed by atoms with Crippen LogP contribution in [-0.2, 0) is 16.1 Å². The molecular weight excluding hydrogens is 334 g/mol. The van der Waals surface area contributed by atoms with Gasteiger partial charge >= 0.3 is 5.97 Å². The summed E-state index contributed by atoms with van der Waals surface area (Å²) in [6.45, 7) is 0.413. The van der Waals surface area contributed by atoms with E-state index in [2.05, 4.69) is 21.2 Å². The molecule has 0 unspecified atom stereocenters. The quantitative estimate of drug-likeness (QED) is 0.851. The van der Waals surface area contributed by atoms with Crippen molar-refractivity contribution < 1.29 is 14.7 Å². The second-order valence-corrected chi connectivity index (χ2v) is 6.55. The smallest absolute Gasteiger partial charge is 0.310 e. The van der Waals surface area contributed by atoms with Gasteiger partial charge < -0.3 is 10.4 Å². The number of carboxylic acid groups (broad SMARTS) is 1. The fourth-order valence-corrected chi connectivity index (χ4v) is 3.33. The van der Waals surface area contributed by atoms with Crippen molar-refractivity contribution >= 4 is 27.8 Å². The number of rotatable bonds is 5. The number of carbonyl (C=O) groups is 2. The Labute approximate surface area is 133 Å². The summed E-state index contributed by atoms with van der Waals surface area (Å²) in [4.78, 5) is 23.7. The first-order valence-electron chi connectivity index (χ1n) is 7.27. The van der Waals surface area contributed by atoms with E-state index in [9.17, 15) is 14.7 Å². The van der Waals surface area contributed by atoms with Crippen molar-refractivity contribution in [2.24, 2.45) is 5.41 Å². The van der Waals surface area contributed by atoms with Gasteiger partial charge in [0.05, 0.1) is 5.41 Å². The van der Waals surface area contributed by atoms with Crippen molar-refractivity contribution in [1.29, 1.82) is 0 Å². The Morgan fingerprint density at radius 1 is 1.19 bits per heavy atom. The Hall–Kier alpha value is -1.36. The first-order valence-corrected chi connectivity index (χ1v) is 8.06. The lowest BCUT2D eigenvalue weighted by molar-refractivity contribution is -0.154.